The van der Waals surface area contributed by atoms with Crippen molar-refractivity contribution in [2.24, 2.45) is 11.8 Å². The van der Waals surface area contributed by atoms with E-state index in [0.717, 1.165) is 38.0 Å². The Kier molecular flexibility index (Phi) is 5.06. The van der Waals surface area contributed by atoms with Gasteiger partial charge in [-0.15, -0.1) is 0 Å². The van der Waals surface area contributed by atoms with Crippen LogP contribution in [0.15, 0.2) is 0 Å². The maximum atomic E-state index is 10.9. The van der Waals surface area contributed by atoms with Crippen molar-refractivity contribution in [1.29, 1.82) is 0 Å². The van der Waals surface area contributed by atoms with Crippen LogP contribution in [0.25, 0.3) is 0 Å². The highest BCUT2D eigenvalue weighted by Crippen LogP contribution is 2.30. The second kappa shape index (κ2) is 6.09. The smallest absolute Gasteiger partial charge is 0.215 e. The lowest BCUT2D eigenvalue weighted by Crippen LogP contribution is -2.32. The third-order valence-electron chi connectivity index (χ3n) is 3.50. The Labute approximate surface area is 92.4 Å². The zero-order chi connectivity index (χ0) is 11.3. The monoisotopic (exact) mass is 213 g/mol. The van der Waals surface area contributed by atoms with Crippen LogP contribution in [0, 0.1) is 22.0 Å². The second-order valence-corrected chi connectivity index (χ2v) is 5.22. The Morgan fingerprint density at radius 3 is 2.60 bits per heavy atom. The van der Waals surface area contributed by atoms with E-state index in [9.17, 15) is 10.1 Å². The van der Waals surface area contributed by atoms with E-state index in [1.54, 1.807) is 0 Å². The molecule has 0 amide bonds. The van der Waals surface area contributed by atoms with E-state index in [0.29, 0.717) is 5.92 Å². The van der Waals surface area contributed by atoms with Gasteiger partial charge < -0.3 is 0 Å². The summed E-state index contributed by atoms with van der Waals surface area (Å²) in [6.07, 6.45) is 7.55. The van der Waals surface area contributed by atoms with E-state index in [1.165, 1.54) is 12.8 Å². The minimum absolute atomic E-state index is 0.0425. The standard InChI is InChI=1S/C12H23NO2/c1-10(2)6-5-8-11-7-3-4-9-12(11)13(14)15/h10-12H,3-9H2,1-2H3/t11-,12-/m1/s1. The zero-order valence-corrected chi connectivity index (χ0v) is 9.95. The lowest BCUT2D eigenvalue weighted by molar-refractivity contribution is -0.536. The molecule has 0 spiro atoms. The van der Waals surface area contributed by atoms with Crippen LogP contribution in [-0.2, 0) is 0 Å². The van der Waals surface area contributed by atoms with Crippen molar-refractivity contribution in [3.05, 3.63) is 10.1 Å². The highest BCUT2D eigenvalue weighted by molar-refractivity contribution is 4.75. The molecule has 0 saturated heterocycles. The summed E-state index contributed by atoms with van der Waals surface area (Å²) in [4.78, 5) is 10.8. The fraction of sp³-hybridized carbons (Fsp3) is 1.00. The van der Waals surface area contributed by atoms with Crippen LogP contribution in [-0.4, -0.2) is 11.0 Å². The molecule has 1 rings (SSSR count). The van der Waals surface area contributed by atoms with E-state index in [2.05, 4.69) is 13.8 Å². The normalized spacial score (nSPS) is 26.9. The second-order valence-electron chi connectivity index (χ2n) is 5.22. The summed E-state index contributed by atoms with van der Waals surface area (Å²) >= 11 is 0. The Balaban J connectivity index is 2.33. The predicted octanol–water partition coefficient (Wildman–Crippen LogP) is 3.65. The van der Waals surface area contributed by atoms with Crippen molar-refractivity contribution in [3.8, 4) is 0 Å². The van der Waals surface area contributed by atoms with Crippen molar-refractivity contribution >= 4 is 0 Å². The van der Waals surface area contributed by atoms with Gasteiger partial charge in [0.15, 0.2) is 0 Å². The SMILES string of the molecule is CC(C)CCC[C@H]1CCCC[C@H]1[N+](=O)[O-]. The van der Waals surface area contributed by atoms with Gasteiger partial charge in [0, 0.05) is 17.3 Å². The first kappa shape index (κ1) is 12.5. The maximum Gasteiger partial charge on any atom is 0.215 e. The summed E-state index contributed by atoms with van der Waals surface area (Å²) < 4.78 is 0. The van der Waals surface area contributed by atoms with E-state index in [1.807, 2.05) is 0 Å². The van der Waals surface area contributed by atoms with Crippen LogP contribution in [0.4, 0.5) is 0 Å². The lowest BCUT2D eigenvalue weighted by Gasteiger charge is -2.25. The molecule has 0 heterocycles. The van der Waals surface area contributed by atoms with Gasteiger partial charge in [-0.05, 0) is 25.2 Å². The highest BCUT2D eigenvalue weighted by atomic mass is 16.6. The van der Waals surface area contributed by atoms with Crippen molar-refractivity contribution in [2.45, 2.75) is 64.8 Å². The first-order chi connectivity index (χ1) is 7.11. The maximum absolute atomic E-state index is 10.9. The van der Waals surface area contributed by atoms with Crippen LogP contribution < -0.4 is 0 Å². The summed E-state index contributed by atoms with van der Waals surface area (Å²) in [5.41, 5.74) is 0. The third kappa shape index (κ3) is 4.18. The van der Waals surface area contributed by atoms with Crippen LogP contribution in [0.1, 0.15) is 58.8 Å². The first-order valence-electron chi connectivity index (χ1n) is 6.24. The minimum Gasteiger partial charge on any atom is -0.264 e. The molecule has 15 heavy (non-hydrogen) atoms. The summed E-state index contributed by atoms with van der Waals surface area (Å²) in [5, 5.41) is 10.9. The minimum atomic E-state index is -0.245. The van der Waals surface area contributed by atoms with E-state index >= 15 is 0 Å². The van der Waals surface area contributed by atoms with Crippen LogP contribution in [0.3, 0.4) is 0 Å². The van der Waals surface area contributed by atoms with Gasteiger partial charge in [0.2, 0.25) is 6.04 Å². The van der Waals surface area contributed by atoms with Gasteiger partial charge in [0.1, 0.15) is 0 Å². The van der Waals surface area contributed by atoms with Crippen molar-refractivity contribution < 1.29 is 4.92 Å². The molecule has 2 atom stereocenters. The molecule has 1 aliphatic carbocycles. The number of nitrogens with zero attached hydrogens (tertiary/aromatic N) is 1. The molecule has 0 aromatic carbocycles. The molecule has 0 aromatic rings. The fourth-order valence-corrected chi connectivity index (χ4v) is 2.59. The molecule has 0 aliphatic heterocycles. The molecule has 3 heteroatoms. The van der Waals surface area contributed by atoms with Gasteiger partial charge in [-0.1, -0.05) is 33.1 Å². The molecule has 0 unspecified atom stereocenters. The number of hydrogen-bond donors (Lipinski definition) is 0. The quantitative estimate of drug-likeness (QED) is 0.517. The molecular weight excluding hydrogens is 190 g/mol. The largest absolute Gasteiger partial charge is 0.264 e. The van der Waals surface area contributed by atoms with Crippen molar-refractivity contribution in [1.82, 2.24) is 0 Å². The summed E-state index contributed by atoms with van der Waals surface area (Å²) in [6.45, 7) is 4.43. The van der Waals surface area contributed by atoms with E-state index in [-0.39, 0.29) is 11.0 Å². The average Bonchev–Trinajstić information content (AvgIpc) is 2.17. The molecule has 88 valence electrons. The number of rotatable bonds is 5. The molecule has 3 nitrogen and oxygen atoms in total. The lowest BCUT2D eigenvalue weighted by atomic mass is 9.81. The Hall–Kier alpha value is -0.600. The Morgan fingerprint density at radius 1 is 1.33 bits per heavy atom. The van der Waals surface area contributed by atoms with E-state index in [4.69, 9.17) is 0 Å². The Bertz CT molecular complexity index is 204. The third-order valence-corrected chi connectivity index (χ3v) is 3.50. The van der Waals surface area contributed by atoms with Crippen LogP contribution in [0.5, 0.6) is 0 Å². The molecular formula is C12H23NO2. The first-order valence-corrected chi connectivity index (χ1v) is 6.24. The van der Waals surface area contributed by atoms with Gasteiger partial charge in [-0.25, -0.2) is 0 Å². The number of nitro groups is 1. The molecule has 0 N–H and O–H groups in total. The van der Waals surface area contributed by atoms with Gasteiger partial charge >= 0.3 is 0 Å². The van der Waals surface area contributed by atoms with Crippen molar-refractivity contribution in [3.63, 3.8) is 0 Å². The van der Waals surface area contributed by atoms with Crippen LogP contribution >= 0.6 is 0 Å². The summed E-state index contributed by atoms with van der Waals surface area (Å²) in [6, 6.07) is -0.245. The fourth-order valence-electron chi connectivity index (χ4n) is 2.59. The Morgan fingerprint density at radius 2 is 2.00 bits per heavy atom. The zero-order valence-electron chi connectivity index (χ0n) is 9.95. The van der Waals surface area contributed by atoms with E-state index < -0.39 is 0 Å². The topological polar surface area (TPSA) is 43.1 Å². The summed E-state index contributed by atoms with van der Waals surface area (Å²) in [7, 11) is 0. The predicted molar refractivity (Wildman–Crippen MR) is 61.4 cm³/mol. The summed E-state index contributed by atoms with van der Waals surface area (Å²) in [5.74, 6) is 1.08. The van der Waals surface area contributed by atoms with Gasteiger partial charge in [-0.2, -0.15) is 0 Å². The van der Waals surface area contributed by atoms with Gasteiger partial charge in [-0.3, -0.25) is 10.1 Å². The average molecular weight is 213 g/mol. The van der Waals surface area contributed by atoms with Gasteiger partial charge in [0.05, 0.1) is 0 Å². The molecule has 1 fully saturated rings. The molecule has 1 saturated carbocycles. The molecule has 0 aromatic heterocycles. The molecule has 0 bridgehead atoms. The molecule has 1 aliphatic rings. The van der Waals surface area contributed by atoms with Gasteiger partial charge in [0.25, 0.3) is 0 Å². The van der Waals surface area contributed by atoms with Crippen LogP contribution in [0.2, 0.25) is 0 Å². The highest BCUT2D eigenvalue weighted by Gasteiger charge is 2.33. The van der Waals surface area contributed by atoms with Crippen molar-refractivity contribution in [2.75, 3.05) is 0 Å². The number of hydrogen-bond acceptors (Lipinski definition) is 2. The molecule has 0 radical (unpaired) electrons.